The van der Waals surface area contributed by atoms with Gasteiger partial charge in [0.2, 0.25) is 0 Å². The Labute approximate surface area is 118 Å². The summed E-state index contributed by atoms with van der Waals surface area (Å²) in [6, 6.07) is 9.09. The monoisotopic (exact) mass is 290 g/mol. The number of carboxylic acid groups (broad SMARTS) is 1. The number of hydrogen-bond donors (Lipinski definition) is 1. The van der Waals surface area contributed by atoms with Crippen molar-refractivity contribution in [1.82, 2.24) is 4.98 Å². The molecule has 0 aliphatic carbocycles. The lowest BCUT2D eigenvalue weighted by Gasteiger charge is -2.03. The highest BCUT2D eigenvalue weighted by Crippen LogP contribution is 2.33. The Bertz CT molecular complexity index is 671. The predicted molar refractivity (Wildman–Crippen MR) is 73.2 cm³/mol. The Morgan fingerprint density at radius 2 is 1.90 bits per heavy atom. The molecule has 20 heavy (non-hydrogen) atoms. The van der Waals surface area contributed by atoms with E-state index in [1.807, 2.05) is 0 Å². The Kier molecular flexibility index (Phi) is 3.99. The van der Waals surface area contributed by atoms with E-state index >= 15 is 0 Å². The minimum atomic E-state index is -1.01. The number of carbonyl (C=O) groups is 1. The number of hydrogen-bond acceptors (Lipinski definition) is 5. The van der Waals surface area contributed by atoms with E-state index in [1.54, 1.807) is 25.1 Å². The highest BCUT2D eigenvalue weighted by atomic mass is 32.2. The Balaban J connectivity index is 2.31. The van der Waals surface area contributed by atoms with E-state index in [9.17, 15) is 14.9 Å². The zero-order chi connectivity index (χ0) is 14.7. The molecule has 0 fully saturated rings. The quantitative estimate of drug-likeness (QED) is 0.686. The van der Waals surface area contributed by atoms with E-state index in [0.717, 1.165) is 11.8 Å². The maximum absolute atomic E-state index is 10.9. The molecular weight excluding hydrogens is 280 g/mol. The second-order valence-electron chi connectivity index (χ2n) is 3.97. The topological polar surface area (TPSA) is 93.3 Å². The molecule has 1 N–H and O–H groups in total. The molecule has 0 aliphatic heterocycles. The molecule has 1 aromatic heterocycles. The summed E-state index contributed by atoms with van der Waals surface area (Å²) in [5.74, 6) is -1.01. The minimum absolute atomic E-state index is 0.0667. The SMILES string of the molecule is Cc1ccc([N+](=O)[O-])c(Sc2ccc(C(=O)O)cc2)n1. The molecule has 6 nitrogen and oxygen atoms in total. The molecule has 0 spiro atoms. The number of aromatic carboxylic acids is 1. The fourth-order valence-electron chi connectivity index (χ4n) is 1.52. The molecule has 0 atom stereocenters. The number of rotatable bonds is 4. The number of benzene rings is 1. The number of nitrogens with zero attached hydrogens (tertiary/aromatic N) is 2. The maximum atomic E-state index is 10.9. The van der Waals surface area contributed by atoms with Gasteiger partial charge in [0.15, 0.2) is 5.03 Å². The molecule has 0 radical (unpaired) electrons. The van der Waals surface area contributed by atoms with Gasteiger partial charge in [0.25, 0.3) is 0 Å². The summed E-state index contributed by atoms with van der Waals surface area (Å²) in [7, 11) is 0. The first kappa shape index (κ1) is 14.0. The summed E-state index contributed by atoms with van der Waals surface area (Å²) in [6.45, 7) is 1.75. The highest BCUT2D eigenvalue weighted by Gasteiger charge is 2.16. The summed E-state index contributed by atoms with van der Waals surface area (Å²) in [5, 5.41) is 20.0. The Hall–Kier alpha value is -2.41. The van der Waals surface area contributed by atoms with E-state index in [4.69, 9.17) is 5.11 Å². The van der Waals surface area contributed by atoms with E-state index in [-0.39, 0.29) is 16.3 Å². The zero-order valence-corrected chi connectivity index (χ0v) is 11.3. The van der Waals surface area contributed by atoms with Crippen molar-refractivity contribution in [2.24, 2.45) is 0 Å². The van der Waals surface area contributed by atoms with Gasteiger partial charge in [-0.3, -0.25) is 10.1 Å². The fraction of sp³-hybridized carbons (Fsp3) is 0.0769. The second kappa shape index (κ2) is 5.70. The van der Waals surface area contributed by atoms with Crippen LogP contribution in [-0.4, -0.2) is 21.0 Å². The smallest absolute Gasteiger partial charge is 0.335 e. The molecule has 7 heteroatoms. The number of aryl methyl sites for hydroxylation is 1. The third-order valence-electron chi connectivity index (χ3n) is 2.49. The number of pyridine rings is 1. The Morgan fingerprint density at radius 1 is 1.25 bits per heavy atom. The number of nitro groups is 1. The lowest BCUT2D eigenvalue weighted by molar-refractivity contribution is -0.388. The van der Waals surface area contributed by atoms with Crippen LogP contribution >= 0.6 is 11.8 Å². The van der Waals surface area contributed by atoms with Crippen molar-refractivity contribution >= 4 is 23.4 Å². The van der Waals surface area contributed by atoms with Crippen molar-refractivity contribution in [2.75, 3.05) is 0 Å². The summed E-state index contributed by atoms with van der Waals surface area (Å²) in [6.07, 6.45) is 0. The van der Waals surface area contributed by atoms with Gasteiger partial charge in [-0.2, -0.15) is 0 Å². The molecule has 2 aromatic rings. The average molecular weight is 290 g/mol. The summed E-state index contributed by atoms with van der Waals surface area (Å²) >= 11 is 1.13. The molecule has 1 heterocycles. The van der Waals surface area contributed by atoms with Gasteiger partial charge >= 0.3 is 11.7 Å². The first-order valence-electron chi connectivity index (χ1n) is 5.60. The highest BCUT2D eigenvalue weighted by molar-refractivity contribution is 7.99. The first-order chi connectivity index (χ1) is 9.47. The first-order valence-corrected chi connectivity index (χ1v) is 6.42. The van der Waals surface area contributed by atoms with Gasteiger partial charge in [0.05, 0.1) is 10.5 Å². The van der Waals surface area contributed by atoms with Crippen LogP contribution < -0.4 is 0 Å². The van der Waals surface area contributed by atoms with Crippen LogP contribution in [0.25, 0.3) is 0 Å². The molecule has 0 amide bonds. The largest absolute Gasteiger partial charge is 0.478 e. The molecule has 0 aliphatic rings. The molecular formula is C13H10N2O4S. The van der Waals surface area contributed by atoms with Gasteiger partial charge in [-0.25, -0.2) is 9.78 Å². The number of carboxylic acids is 1. The van der Waals surface area contributed by atoms with Crippen molar-refractivity contribution in [1.29, 1.82) is 0 Å². The predicted octanol–water partition coefficient (Wildman–Crippen LogP) is 3.15. The molecule has 2 rings (SSSR count). The Morgan fingerprint density at radius 3 is 2.45 bits per heavy atom. The molecule has 102 valence electrons. The van der Waals surface area contributed by atoms with Crippen LogP contribution in [0.1, 0.15) is 16.1 Å². The van der Waals surface area contributed by atoms with Crippen molar-refractivity contribution in [3.8, 4) is 0 Å². The molecule has 0 unspecified atom stereocenters. The molecule has 0 saturated carbocycles. The zero-order valence-electron chi connectivity index (χ0n) is 10.4. The van der Waals surface area contributed by atoms with Gasteiger partial charge in [0, 0.05) is 16.7 Å². The third kappa shape index (κ3) is 3.12. The van der Waals surface area contributed by atoms with Crippen molar-refractivity contribution < 1.29 is 14.8 Å². The van der Waals surface area contributed by atoms with Crippen LogP contribution in [-0.2, 0) is 0 Å². The standard InChI is InChI=1S/C13H10N2O4S/c1-8-2-7-11(15(18)19)12(14-8)20-10-5-3-9(4-6-10)13(16)17/h2-7H,1H3,(H,16,17). The molecule has 0 bridgehead atoms. The van der Waals surface area contributed by atoms with Crippen LogP contribution in [0.5, 0.6) is 0 Å². The van der Waals surface area contributed by atoms with Crippen molar-refractivity contribution in [2.45, 2.75) is 16.8 Å². The summed E-state index contributed by atoms with van der Waals surface area (Å²) in [4.78, 5) is 26.0. The lowest BCUT2D eigenvalue weighted by atomic mass is 10.2. The van der Waals surface area contributed by atoms with Crippen LogP contribution in [0.15, 0.2) is 46.3 Å². The maximum Gasteiger partial charge on any atom is 0.335 e. The molecule has 1 aromatic carbocycles. The van der Waals surface area contributed by atoms with Crippen LogP contribution in [0.3, 0.4) is 0 Å². The minimum Gasteiger partial charge on any atom is -0.478 e. The fourth-order valence-corrected chi connectivity index (χ4v) is 2.45. The van der Waals surface area contributed by atoms with Crippen LogP contribution in [0.4, 0.5) is 5.69 Å². The van der Waals surface area contributed by atoms with Gasteiger partial charge in [-0.1, -0.05) is 11.8 Å². The van der Waals surface area contributed by atoms with Crippen molar-refractivity contribution in [3.05, 3.63) is 57.8 Å². The van der Waals surface area contributed by atoms with Gasteiger partial charge in [0.1, 0.15) is 0 Å². The van der Waals surface area contributed by atoms with Gasteiger partial charge < -0.3 is 5.11 Å². The van der Waals surface area contributed by atoms with E-state index < -0.39 is 10.9 Å². The third-order valence-corrected chi connectivity index (χ3v) is 3.49. The average Bonchev–Trinajstić information content (AvgIpc) is 2.39. The number of aromatic nitrogens is 1. The summed E-state index contributed by atoms with van der Waals surface area (Å²) in [5.41, 5.74) is 0.782. The normalized spacial score (nSPS) is 10.2. The van der Waals surface area contributed by atoms with Crippen molar-refractivity contribution in [3.63, 3.8) is 0 Å². The van der Waals surface area contributed by atoms with Crippen LogP contribution in [0, 0.1) is 17.0 Å². The summed E-state index contributed by atoms with van der Waals surface area (Å²) < 4.78 is 0. The van der Waals surface area contributed by atoms with Gasteiger partial charge in [-0.15, -0.1) is 0 Å². The van der Waals surface area contributed by atoms with Crippen LogP contribution in [0.2, 0.25) is 0 Å². The van der Waals surface area contributed by atoms with E-state index in [0.29, 0.717) is 10.6 Å². The second-order valence-corrected chi connectivity index (χ2v) is 5.03. The van der Waals surface area contributed by atoms with E-state index in [2.05, 4.69) is 4.98 Å². The molecule has 0 saturated heterocycles. The van der Waals surface area contributed by atoms with E-state index in [1.165, 1.54) is 18.2 Å². The van der Waals surface area contributed by atoms with Gasteiger partial charge in [-0.05, 0) is 37.3 Å². The lowest BCUT2D eigenvalue weighted by Crippen LogP contribution is -1.96.